The number of halogens is 2. The number of aromatic nitrogens is 3. The molecule has 0 unspecified atom stereocenters. The van der Waals surface area contributed by atoms with Crippen molar-refractivity contribution in [2.45, 2.75) is 10.1 Å². The van der Waals surface area contributed by atoms with Crippen LogP contribution in [0.4, 0.5) is 0 Å². The van der Waals surface area contributed by atoms with Crippen LogP contribution in [0.1, 0.15) is 0 Å². The second-order valence-corrected chi connectivity index (χ2v) is 6.48. The summed E-state index contributed by atoms with van der Waals surface area (Å²) >= 11 is 10.9. The zero-order valence-electron chi connectivity index (χ0n) is 10.7. The van der Waals surface area contributed by atoms with E-state index in [4.69, 9.17) is 11.6 Å². The molecule has 104 valence electrons. The van der Waals surface area contributed by atoms with Crippen molar-refractivity contribution in [2.75, 3.05) is 0 Å². The first-order chi connectivity index (χ1) is 10.2. The van der Waals surface area contributed by atoms with Crippen molar-refractivity contribution in [2.24, 2.45) is 0 Å². The number of benzene rings is 1. The van der Waals surface area contributed by atoms with Crippen molar-refractivity contribution >= 4 is 39.3 Å². The van der Waals surface area contributed by atoms with Crippen LogP contribution in [0.5, 0.6) is 0 Å². The number of rotatable bonds is 3. The SMILES string of the molecule is Clc1cc(Sc2ccc(Br)cn2)nc(-c2ccccc2)n1. The van der Waals surface area contributed by atoms with Crippen LogP contribution < -0.4 is 0 Å². The Morgan fingerprint density at radius 2 is 1.76 bits per heavy atom. The molecule has 0 spiro atoms. The van der Waals surface area contributed by atoms with Crippen molar-refractivity contribution < 1.29 is 0 Å². The van der Waals surface area contributed by atoms with E-state index in [1.165, 1.54) is 11.8 Å². The summed E-state index contributed by atoms with van der Waals surface area (Å²) in [7, 11) is 0. The molecule has 3 nitrogen and oxygen atoms in total. The molecule has 0 fully saturated rings. The Labute approximate surface area is 139 Å². The lowest BCUT2D eigenvalue weighted by atomic mass is 10.2. The van der Waals surface area contributed by atoms with E-state index in [2.05, 4.69) is 30.9 Å². The molecule has 0 aliphatic rings. The topological polar surface area (TPSA) is 38.7 Å². The van der Waals surface area contributed by atoms with Crippen molar-refractivity contribution in [3.63, 3.8) is 0 Å². The van der Waals surface area contributed by atoms with Gasteiger partial charge in [0.15, 0.2) is 5.82 Å². The molecule has 3 rings (SSSR count). The summed E-state index contributed by atoms with van der Waals surface area (Å²) in [6.07, 6.45) is 1.75. The summed E-state index contributed by atoms with van der Waals surface area (Å²) in [6, 6.07) is 15.4. The first-order valence-electron chi connectivity index (χ1n) is 6.10. The van der Waals surface area contributed by atoms with Gasteiger partial charge in [-0.1, -0.05) is 41.9 Å². The molecule has 2 heterocycles. The van der Waals surface area contributed by atoms with Gasteiger partial charge in [-0.05, 0) is 39.8 Å². The average molecular weight is 379 g/mol. The molecule has 0 aliphatic heterocycles. The lowest BCUT2D eigenvalue weighted by Crippen LogP contribution is -1.92. The third kappa shape index (κ3) is 3.81. The Morgan fingerprint density at radius 1 is 0.952 bits per heavy atom. The quantitative estimate of drug-likeness (QED) is 0.594. The lowest BCUT2D eigenvalue weighted by Gasteiger charge is -2.05. The first-order valence-corrected chi connectivity index (χ1v) is 8.09. The highest BCUT2D eigenvalue weighted by atomic mass is 79.9. The van der Waals surface area contributed by atoms with Crippen molar-refractivity contribution in [3.05, 3.63) is 64.4 Å². The number of pyridine rings is 1. The van der Waals surface area contributed by atoms with Crippen LogP contribution in [0.3, 0.4) is 0 Å². The van der Waals surface area contributed by atoms with E-state index < -0.39 is 0 Å². The molecule has 0 aliphatic carbocycles. The van der Waals surface area contributed by atoms with E-state index in [0.717, 1.165) is 20.1 Å². The molecular weight excluding hydrogens is 370 g/mol. The van der Waals surface area contributed by atoms with Crippen LogP contribution in [-0.2, 0) is 0 Å². The number of hydrogen-bond acceptors (Lipinski definition) is 4. The Balaban J connectivity index is 1.93. The molecule has 0 N–H and O–H groups in total. The maximum atomic E-state index is 6.10. The third-order valence-electron chi connectivity index (χ3n) is 2.61. The summed E-state index contributed by atoms with van der Waals surface area (Å²) in [4.78, 5) is 13.1. The molecule has 2 aromatic heterocycles. The Bertz CT molecular complexity index is 751. The fourth-order valence-corrected chi connectivity index (χ4v) is 2.94. The highest BCUT2D eigenvalue weighted by Gasteiger charge is 2.07. The summed E-state index contributed by atoms with van der Waals surface area (Å²) in [6.45, 7) is 0. The fraction of sp³-hybridized carbons (Fsp3) is 0. The maximum absolute atomic E-state index is 6.10. The normalized spacial score (nSPS) is 10.6. The summed E-state index contributed by atoms with van der Waals surface area (Å²) in [5.74, 6) is 0.614. The van der Waals surface area contributed by atoms with Crippen LogP contribution >= 0.6 is 39.3 Å². The number of hydrogen-bond donors (Lipinski definition) is 0. The molecule has 0 atom stereocenters. The van der Waals surface area contributed by atoms with E-state index in [1.54, 1.807) is 12.3 Å². The molecule has 1 aromatic carbocycles. The van der Waals surface area contributed by atoms with E-state index in [0.29, 0.717) is 11.0 Å². The van der Waals surface area contributed by atoms with Gasteiger partial charge in [0.1, 0.15) is 15.2 Å². The van der Waals surface area contributed by atoms with Gasteiger partial charge >= 0.3 is 0 Å². The average Bonchev–Trinajstić information content (AvgIpc) is 2.50. The van der Waals surface area contributed by atoms with Gasteiger partial charge < -0.3 is 0 Å². The van der Waals surface area contributed by atoms with Crippen LogP contribution in [0.2, 0.25) is 5.15 Å². The Kier molecular flexibility index (Phi) is 4.53. The zero-order chi connectivity index (χ0) is 14.7. The Hall–Kier alpha value is -1.43. The van der Waals surface area contributed by atoms with Crippen LogP contribution in [0.25, 0.3) is 11.4 Å². The van der Waals surface area contributed by atoms with Gasteiger partial charge in [0.2, 0.25) is 0 Å². The monoisotopic (exact) mass is 377 g/mol. The molecule has 0 radical (unpaired) electrons. The maximum Gasteiger partial charge on any atom is 0.162 e. The fourth-order valence-electron chi connectivity index (χ4n) is 1.70. The van der Waals surface area contributed by atoms with Gasteiger partial charge in [0, 0.05) is 22.3 Å². The van der Waals surface area contributed by atoms with Gasteiger partial charge in [-0.2, -0.15) is 0 Å². The predicted molar refractivity (Wildman–Crippen MR) is 88.5 cm³/mol. The summed E-state index contributed by atoms with van der Waals surface area (Å²) < 4.78 is 0.942. The molecule has 0 bridgehead atoms. The standard InChI is InChI=1S/C15H9BrClN3S/c16-11-6-7-13(18-9-11)21-14-8-12(17)19-15(20-14)10-4-2-1-3-5-10/h1-9H. The van der Waals surface area contributed by atoms with Gasteiger partial charge in [0.05, 0.1) is 0 Å². The van der Waals surface area contributed by atoms with Gasteiger partial charge in [-0.3, -0.25) is 0 Å². The minimum atomic E-state index is 0.420. The highest BCUT2D eigenvalue weighted by molar-refractivity contribution is 9.10. The van der Waals surface area contributed by atoms with Crippen molar-refractivity contribution in [1.29, 1.82) is 0 Å². The van der Waals surface area contributed by atoms with E-state index in [9.17, 15) is 0 Å². The van der Waals surface area contributed by atoms with E-state index in [1.807, 2.05) is 42.5 Å². The van der Waals surface area contributed by atoms with Crippen LogP contribution in [0, 0.1) is 0 Å². The number of nitrogens with zero attached hydrogens (tertiary/aromatic N) is 3. The molecule has 3 aromatic rings. The van der Waals surface area contributed by atoms with Crippen LogP contribution in [-0.4, -0.2) is 15.0 Å². The smallest absolute Gasteiger partial charge is 0.162 e. The molecular formula is C15H9BrClN3S. The molecule has 6 heteroatoms. The van der Waals surface area contributed by atoms with E-state index in [-0.39, 0.29) is 0 Å². The van der Waals surface area contributed by atoms with Crippen molar-refractivity contribution in [1.82, 2.24) is 15.0 Å². The molecule has 0 amide bonds. The summed E-state index contributed by atoms with van der Waals surface area (Å²) in [5, 5.41) is 2.04. The van der Waals surface area contributed by atoms with Gasteiger partial charge in [-0.25, -0.2) is 15.0 Å². The van der Waals surface area contributed by atoms with Crippen molar-refractivity contribution in [3.8, 4) is 11.4 Å². The van der Waals surface area contributed by atoms with E-state index >= 15 is 0 Å². The zero-order valence-corrected chi connectivity index (χ0v) is 13.9. The van der Waals surface area contributed by atoms with Gasteiger partial charge in [0.25, 0.3) is 0 Å². The third-order valence-corrected chi connectivity index (χ3v) is 4.14. The first kappa shape index (κ1) is 14.5. The Morgan fingerprint density at radius 3 is 2.48 bits per heavy atom. The molecule has 0 saturated heterocycles. The van der Waals surface area contributed by atoms with Gasteiger partial charge in [-0.15, -0.1) is 0 Å². The second-order valence-electron chi connectivity index (χ2n) is 4.14. The van der Waals surface area contributed by atoms with Crippen LogP contribution in [0.15, 0.2) is 69.3 Å². The minimum Gasteiger partial charge on any atom is -0.248 e. The second kappa shape index (κ2) is 6.56. The minimum absolute atomic E-state index is 0.420. The predicted octanol–water partition coefficient (Wildman–Crippen LogP) is 5.11. The molecule has 21 heavy (non-hydrogen) atoms. The highest BCUT2D eigenvalue weighted by Crippen LogP contribution is 2.28. The lowest BCUT2D eigenvalue weighted by molar-refractivity contribution is 1.04. The molecule has 0 saturated carbocycles. The largest absolute Gasteiger partial charge is 0.248 e. The summed E-state index contributed by atoms with van der Waals surface area (Å²) in [5.41, 5.74) is 0.936.